The summed E-state index contributed by atoms with van der Waals surface area (Å²) >= 11 is 0. The molecule has 0 aliphatic heterocycles. The van der Waals surface area contributed by atoms with Gasteiger partial charge >= 0.3 is 0 Å². The lowest BCUT2D eigenvalue weighted by Crippen LogP contribution is -2.41. The first-order valence-corrected chi connectivity index (χ1v) is 7.00. The predicted octanol–water partition coefficient (Wildman–Crippen LogP) is 2.49. The van der Waals surface area contributed by atoms with Crippen LogP contribution in [0.2, 0.25) is 0 Å². The zero-order valence-corrected chi connectivity index (χ0v) is 12.7. The van der Waals surface area contributed by atoms with Gasteiger partial charge < -0.3 is 14.8 Å². The SMILES string of the molecule is CC(C)CCC(C)(O)CNC(=O)C(C#N)=Cc1ccco1. The first-order chi connectivity index (χ1) is 9.84. The Morgan fingerprint density at radius 2 is 2.33 bits per heavy atom. The number of amides is 1. The number of rotatable bonds is 7. The van der Waals surface area contributed by atoms with Gasteiger partial charge in [-0.05, 0) is 37.8 Å². The predicted molar refractivity (Wildman–Crippen MR) is 80.0 cm³/mol. The molecule has 1 rings (SSSR count). The molecule has 0 aromatic carbocycles. The van der Waals surface area contributed by atoms with Crippen LogP contribution in [0.3, 0.4) is 0 Å². The molecule has 2 N–H and O–H groups in total. The van der Waals surface area contributed by atoms with Gasteiger partial charge in [0, 0.05) is 12.6 Å². The molecule has 1 unspecified atom stereocenters. The van der Waals surface area contributed by atoms with E-state index in [-0.39, 0.29) is 12.1 Å². The maximum Gasteiger partial charge on any atom is 0.262 e. The average Bonchev–Trinajstić information content (AvgIpc) is 2.93. The van der Waals surface area contributed by atoms with E-state index in [9.17, 15) is 9.90 Å². The summed E-state index contributed by atoms with van der Waals surface area (Å²) in [6.07, 6.45) is 4.30. The number of nitriles is 1. The van der Waals surface area contributed by atoms with Gasteiger partial charge in [0.15, 0.2) is 0 Å². The summed E-state index contributed by atoms with van der Waals surface area (Å²) in [6.45, 7) is 5.94. The highest BCUT2D eigenvalue weighted by Gasteiger charge is 2.22. The van der Waals surface area contributed by atoms with E-state index in [1.54, 1.807) is 19.1 Å². The number of nitrogens with zero attached hydrogens (tertiary/aromatic N) is 1. The van der Waals surface area contributed by atoms with Crippen LogP contribution in [0, 0.1) is 17.2 Å². The molecule has 0 aliphatic rings. The fraction of sp³-hybridized carbons (Fsp3) is 0.500. The topological polar surface area (TPSA) is 86.3 Å². The van der Waals surface area contributed by atoms with Crippen molar-refractivity contribution in [1.29, 1.82) is 5.26 Å². The molecule has 0 saturated heterocycles. The summed E-state index contributed by atoms with van der Waals surface area (Å²) in [6, 6.07) is 5.17. The van der Waals surface area contributed by atoms with Crippen LogP contribution in [-0.4, -0.2) is 23.2 Å². The van der Waals surface area contributed by atoms with Crippen molar-refractivity contribution >= 4 is 12.0 Å². The van der Waals surface area contributed by atoms with Crippen LogP contribution in [0.4, 0.5) is 0 Å². The molecule has 0 spiro atoms. The molecule has 1 heterocycles. The highest BCUT2D eigenvalue weighted by molar-refractivity contribution is 6.01. The molecule has 21 heavy (non-hydrogen) atoms. The summed E-state index contributed by atoms with van der Waals surface area (Å²) < 4.78 is 5.07. The summed E-state index contributed by atoms with van der Waals surface area (Å²) in [5.74, 6) is 0.410. The van der Waals surface area contributed by atoms with E-state index in [4.69, 9.17) is 9.68 Å². The zero-order valence-electron chi connectivity index (χ0n) is 12.7. The number of carbonyl (C=O) groups excluding carboxylic acids is 1. The van der Waals surface area contributed by atoms with Crippen LogP contribution < -0.4 is 5.32 Å². The van der Waals surface area contributed by atoms with E-state index in [1.165, 1.54) is 12.3 Å². The lowest BCUT2D eigenvalue weighted by molar-refractivity contribution is -0.118. The van der Waals surface area contributed by atoms with Crippen molar-refractivity contribution in [3.63, 3.8) is 0 Å². The van der Waals surface area contributed by atoms with E-state index >= 15 is 0 Å². The van der Waals surface area contributed by atoms with E-state index in [1.807, 2.05) is 6.07 Å². The molecule has 0 saturated carbocycles. The average molecular weight is 290 g/mol. The van der Waals surface area contributed by atoms with E-state index in [0.717, 1.165) is 6.42 Å². The number of nitrogens with one attached hydrogen (secondary N) is 1. The van der Waals surface area contributed by atoms with Gasteiger partial charge in [-0.3, -0.25) is 4.79 Å². The summed E-state index contributed by atoms with van der Waals surface area (Å²) in [5.41, 5.74) is -1.03. The minimum Gasteiger partial charge on any atom is -0.465 e. The van der Waals surface area contributed by atoms with Gasteiger partial charge in [-0.1, -0.05) is 13.8 Å². The molecule has 0 fully saturated rings. The minimum atomic E-state index is -0.981. The molecule has 5 nitrogen and oxygen atoms in total. The standard InChI is InChI=1S/C16H22N2O3/c1-12(2)6-7-16(3,20)11-18-15(19)13(10-17)9-14-5-4-8-21-14/h4-5,8-9,12,20H,6-7,11H2,1-3H3,(H,18,19). The second kappa shape index (κ2) is 7.65. The van der Waals surface area contributed by atoms with Crippen LogP contribution in [0.1, 0.15) is 39.4 Å². The van der Waals surface area contributed by atoms with Crippen LogP contribution in [0.15, 0.2) is 28.4 Å². The highest BCUT2D eigenvalue weighted by atomic mass is 16.3. The number of hydrogen-bond donors (Lipinski definition) is 2. The highest BCUT2D eigenvalue weighted by Crippen LogP contribution is 2.15. The summed E-state index contributed by atoms with van der Waals surface area (Å²) in [4.78, 5) is 11.9. The first kappa shape index (κ1) is 17.0. The van der Waals surface area contributed by atoms with Crippen LogP contribution in [0.25, 0.3) is 6.08 Å². The fourth-order valence-electron chi connectivity index (χ4n) is 1.72. The van der Waals surface area contributed by atoms with E-state index in [0.29, 0.717) is 18.1 Å². The molecule has 0 aliphatic carbocycles. The van der Waals surface area contributed by atoms with Crippen molar-refractivity contribution < 1.29 is 14.3 Å². The van der Waals surface area contributed by atoms with Crippen molar-refractivity contribution in [1.82, 2.24) is 5.32 Å². The molecular formula is C16H22N2O3. The lowest BCUT2D eigenvalue weighted by atomic mass is 9.95. The molecule has 0 radical (unpaired) electrons. The van der Waals surface area contributed by atoms with Gasteiger partial charge in [0.2, 0.25) is 0 Å². The van der Waals surface area contributed by atoms with Crippen molar-refractivity contribution in [2.45, 2.75) is 39.2 Å². The van der Waals surface area contributed by atoms with Crippen LogP contribution in [0.5, 0.6) is 0 Å². The van der Waals surface area contributed by atoms with Gasteiger partial charge in [0.25, 0.3) is 5.91 Å². The van der Waals surface area contributed by atoms with Crippen LogP contribution in [-0.2, 0) is 4.79 Å². The number of hydrogen-bond acceptors (Lipinski definition) is 4. The van der Waals surface area contributed by atoms with E-state index in [2.05, 4.69) is 19.2 Å². The summed E-state index contributed by atoms with van der Waals surface area (Å²) in [7, 11) is 0. The monoisotopic (exact) mass is 290 g/mol. The molecular weight excluding hydrogens is 268 g/mol. The Kier molecular flexibility index (Phi) is 6.19. The van der Waals surface area contributed by atoms with Crippen molar-refractivity contribution in [3.8, 4) is 6.07 Å². The van der Waals surface area contributed by atoms with E-state index < -0.39 is 11.5 Å². The van der Waals surface area contributed by atoms with Gasteiger partial charge in [-0.15, -0.1) is 0 Å². The minimum absolute atomic E-state index is 0.0513. The Balaban J connectivity index is 2.58. The molecule has 5 heteroatoms. The molecule has 1 aromatic rings. The Bertz CT molecular complexity index is 522. The Morgan fingerprint density at radius 1 is 1.62 bits per heavy atom. The molecule has 1 atom stereocenters. The second-order valence-electron chi connectivity index (χ2n) is 5.80. The van der Waals surface area contributed by atoms with Gasteiger partial charge in [0.05, 0.1) is 11.9 Å². The fourth-order valence-corrected chi connectivity index (χ4v) is 1.72. The molecule has 1 amide bonds. The maximum absolute atomic E-state index is 11.9. The Hall–Kier alpha value is -2.06. The normalized spacial score (nSPS) is 14.6. The molecule has 1 aromatic heterocycles. The van der Waals surface area contributed by atoms with Gasteiger partial charge in [0.1, 0.15) is 17.4 Å². The van der Waals surface area contributed by atoms with Crippen molar-refractivity contribution in [2.75, 3.05) is 6.54 Å². The summed E-state index contributed by atoms with van der Waals surface area (Å²) in [5, 5.41) is 21.8. The van der Waals surface area contributed by atoms with Crippen molar-refractivity contribution in [2.24, 2.45) is 5.92 Å². The third kappa shape index (κ3) is 6.28. The third-order valence-corrected chi connectivity index (χ3v) is 3.08. The number of aliphatic hydroxyl groups is 1. The first-order valence-electron chi connectivity index (χ1n) is 7.00. The third-order valence-electron chi connectivity index (χ3n) is 3.08. The smallest absolute Gasteiger partial charge is 0.262 e. The Labute approximate surface area is 125 Å². The van der Waals surface area contributed by atoms with Gasteiger partial charge in [-0.2, -0.15) is 5.26 Å². The number of carbonyl (C=O) groups is 1. The molecule has 114 valence electrons. The van der Waals surface area contributed by atoms with Gasteiger partial charge in [-0.25, -0.2) is 0 Å². The Morgan fingerprint density at radius 3 is 2.86 bits per heavy atom. The largest absolute Gasteiger partial charge is 0.465 e. The lowest BCUT2D eigenvalue weighted by Gasteiger charge is -2.24. The zero-order chi connectivity index (χ0) is 15.9. The maximum atomic E-state index is 11.9. The molecule has 0 bridgehead atoms. The quantitative estimate of drug-likeness (QED) is 0.596. The van der Waals surface area contributed by atoms with Crippen molar-refractivity contribution in [3.05, 3.63) is 29.7 Å². The van der Waals surface area contributed by atoms with Crippen LogP contribution >= 0.6 is 0 Å². The second-order valence-corrected chi connectivity index (χ2v) is 5.80. The number of furan rings is 1.